The zero-order valence-corrected chi connectivity index (χ0v) is 11.2. The Morgan fingerprint density at radius 1 is 1.16 bits per heavy atom. The molecule has 0 saturated carbocycles. The van der Waals surface area contributed by atoms with Crippen LogP contribution in [-0.4, -0.2) is 16.0 Å². The van der Waals surface area contributed by atoms with E-state index >= 15 is 0 Å². The van der Waals surface area contributed by atoms with E-state index in [-0.39, 0.29) is 11.7 Å². The molecule has 2 N–H and O–H groups in total. The first-order valence-corrected chi connectivity index (χ1v) is 6.02. The third kappa shape index (κ3) is 2.91. The lowest BCUT2D eigenvalue weighted by Gasteiger charge is -2.10. The minimum absolute atomic E-state index is 0.226. The number of aromatic hydroxyl groups is 1. The first kappa shape index (κ1) is 13.1. The number of phenols is 1. The van der Waals surface area contributed by atoms with E-state index in [2.05, 4.69) is 10.3 Å². The minimum atomic E-state index is -0.253. The first-order chi connectivity index (χ1) is 8.97. The van der Waals surface area contributed by atoms with E-state index in [0.717, 1.165) is 16.8 Å². The molecule has 98 valence electrons. The molecule has 0 aliphatic carbocycles. The van der Waals surface area contributed by atoms with Crippen molar-refractivity contribution in [1.29, 1.82) is 0 Å². The van der Waals surface area contributed by atoms with Gasteiger partial charge >= 0.3 is 0 Å². The number of carbonyl (C=O) groups excluding carboxylic acids is 1. The SMILES string of the molecule is Cc1cccc(C(=O)Nc2cc(C)c(O)cc2C)n1. The lowest BCUT2D eigenvalue weighted by atomic mass is 10.1. The van der Waals surface area contributed by atoms with Crippen molar-refractivity contribution < 1.29 is 9.90 Å². The molecule has 4 heteroatoms. The summed E-state index contributed by atoms with van der Waals surface area (Å²) in [4.78, 5) is 16.3. The maximum atomic E-state index is 12.1. The number of anilines is 1. The summed E-state index contributed by atoms with van der Waals surface area (Å²) < 4.78 is 0. The van der Waals surface area contributed by atoms with Crippen molar-refractivity contribution >= 4 is 11.6 Å². The lowest BCUT2D eigenvalue weighted by Crippen LogP contribution is -2.14. The van der Waals surface area contributed by atoms with Crippen molar-refractivity contribution in [2.75, 3.05) is 5.32 Å². The van der Waals surface area contributed by atoms with Crippen molar-refractivity contribution in [3.8, 4) is 5.75 Å². The molecule has 1 aromatic heterocycles. The molecule has 0 radical (unpaired) electrons. The summed E-state index contributed by atoms with van der Waals surface area (Å²) in [7, 11) is 0. The molecular formula is C15H16N2O2. The Kier molecular flexibility index (Phi) is 3.51. The Morgan fingerprint density at radius 2 is 1.89 bits per heavy atom. The van der Waals surface area contributed by atoms with Gasteiger partial charge in [0.25, 0.3) is 5.91 Å². The molecule has 0 unspecified atom stereocenters. The first-order valence-electron chi connectivity index (χ1n) is 6.02. The maximum Gasteiger partial charge on any atom is 0.274 e. The Labute approximate surface area is 112 Å². The van der Waals surface area contributed by atoms with E-state index in [1.54, 1.807) is 31.2 Å². The molecule has 0 spiro atoms. The predicted molar refractivity (Wildman–Crippen MR) is 74.5 cm³/mol. The quantitative estimate of drug-likeness (QED) is 0.812. The minimum Gasteiger partial charge on any atom is -0.508 e. The second-order valence-corrected chi connectivity index (χ2v) is 4.57. The molecular weight excluding hydrogens is 240 g/mol. The number of pyridine rings is 1. The Bertz CT molecular complexity index is 636. The highest BCUT2D eigenvalue weighted by Gasteiger charge is 2.10. The summed E-state index contributed by atoms with van der Waals surface area (Å²) >= 11 is 0. The van der Waals surface area contributed by atoms with Crippen LogP contribution in [0.5, 0.6) is 5.75 Å². The van der Waals surface area contributed by atoms with Gasteiger partial charge in [-0.05, 0) is 56.2 Å². The second kappa shape index (κ2) is 5.10. The molecule has 0 atom stereocenters. The van der Waals surface area contributed by atoms with Gasteiger partial charge in [0.2, 0.25) is 0 Å². The number of hydrogen-bond acceptors (Lipinski definition) is 3. The summed E-state index contributed by atoms with van der Waals surface area (Å²) in [6.45, 7) is 5.46. The topological polar surface area (TPSA) is 62.2 Å². The second-order valence-electron chi connectivity index (χ2n) is 4.57. The summed E-state index contributed by atoms with van der Waals surface area (Å²) in [6.07, 6.45) is 0. The van der Waals surface area contributed by atoms with Crippen LogP contribution in [-0.2, 0) is 0 Å². The number of amides is 1. The van der Waals surface area contributed by atoms with Gasteiger partial charge in [-0.1, -0.05) is 6.07 Å². The van der Waals surface area contributed by atoms with Crippen molar-refractivity contribution in [3.63, 3.8) is 0 Å². The average Bonchev–Trinajstić information content (AvgIpc) is 2.36. The number of aryl methyl sites for hydroxylation is 3. The maximum absolute atomic E-state index is 12.1. The molecule has 0 aliphatic heterocycles. The van der Waals surface area contributed by atoms with Gasteiger partial charge < -0.3 is 10.4 Å². The molecule has 0 bridgehead atoms. The van der Waals surface area contributed by atoms with Crippen molar-refractivity contribution in [3.05, 3.63) is 52.8 Å². The summed E-state index contributed by atoms with van der Waals surface area (Å²) in [5.41, 5.74) is 3.39. The summed E-state index contributed by atoms with van der Waals surface area (Å²) in [6, 6.07) is 8.69. The van der Waals surface area contributed by atoms with Crippen LogP contribution >= 0.6 is 0 Å². The number of carbonyl (C=O) groups is 1. The number of phenolic OH excluding ortho intramolecular Hbond substituents is 1. The summed E-state index contributed by atoms with van der Waals surface area (Å²) in [5, 5.41) is 12.4. The van der Waals surface area contributed by atoms with Gasteiger partial charge in [0, 0.05) is 11.4 Å². The third-order valence-electron chi connectivity index (χ3n) is 2.91. The number of aromatic nitrogens is 1. The fraction of sp³-hybridized carbons (Fsp3) is 0.200. The molecule has 19 heavy (non-hydrogen) atoms. The number of benzene rings is 1. The van der Waals surface area contributed by atoms with E-state index in [1.807, 2.05) is 19.9 Å². The molecule has 0 saturated heterocycles. The van der Waals surface area contributed by atoms with Gasteiger partial charge in [0.15, 0.2) is 0 Å². The Hall–Kier alpha value is -2.36. The molecule has 2 rings (SSSR count). The highest BCUT2D eigenvalue weighted by atomic mass is 16.3. The van der Waals surface area contributed by atoms with Crippen LogP contribution in [0.3, 0.4) is 0 Å². The molecule has 0 aliphatic rings. The third-order valence-corrected chi connectivity index (χ3v) is 2.91. The van der Waals surface area contributed by atoms with Gasteiger partial charge in [-0.3, -0.25) is 4.79 Å². The van der Waals surface area contributed by atoms with Gasteiger partial charge in [0.05, 0.1) is 0 Å². The van der Waals surface area contributed by atoms with Crippen LogP contribution in [0.4, 0.5) is 5.69 Å². The monoisotopic (exact) mass is 256 g/mol. The van der Waals surface area contributed by atoms with Crippen molar-refractivity contribution in [2.45, 2.75) is 20.8 Å². The highest BCUT2D eigenvalue weighted by Crippen LogP contribution is 2.25. The smallest absolute Gasteiger partial charge is 0.274 e. The number of nitrogens with one attached hydrogen (secondary N) is 1. The standard InChI is InChI=1S/C15H16N2O2/c1-9-8-14(18)10(2)7-13(9)17-15(19)12-6-4-5-11(3)16-12/h4-8,18H,1-3H3,(H,17,19). The molecule has 1 amide bonds. The van der Waals surface area contributed by atoms with Crippen LogP contribution in [0.1, 0.15) is 27.3 Å². The largest absolute Gasteiger partial charge is 0.508 e. The lowest BCUT2D eigenvalue weighted by molar-refractivity contribution is 0.102. The molecule has 2 aromatic rings. The van der Waals surface area contributed by atoms with Gasteiger partial charge in [-0.15, -0.1) is 0 Å². The van der Waals surface area contributed by atoms with Crippen LogP contribution < -0.4 is 5.32 Å². The van der Waals surface area contributed by atoms with Gasteiger partial charge in [-0.25, -0.2) is 4.98 Å². The van der Waals surface area contributed by atoms with Gasteiger partial charge in [0.1, 0.15) is 11.4 Å². The normalized spacial score (nSPS) is 10.3. The van der Waals surface area contributed by atoms with Gasteiger partial charge in [-0.2, -0.15) is 0 Å². The van der Waals surface area contributed by atoms with E-state index < -0.39 is 0 Å². The Balaban J connectivity index is 2.27. The van der Waals surface area contributed by atoms with E-state index in [4.69, 9.17) is 0 Å². The van der Waals surface area contributed by atoms with Crippen LogP contribution in [0.15, 0.2) is 30.3 Å². The fourth-order valence-corrected chi connectivity index (χ4v) is 1.79. The Morgan fingerprint density at radius 3 is 2.58 bits per heavy atom. The molecule has 4 nitrogen and oxygen atoms in total. The average molecular weight is 256 g/mol. The summed E-state index contributed by atoms with van der Waals surface area (Å²) in [5.74, 6) is -0.0268. The highest BCUT2D eigenvalue weighted by molar-refractivity contribution is 6.03. The number of hydrogen-bond donors (Lipinski definition) is 2. The van der Waals surface area contributed by atoms with Crippen LogP contribution in [0.2, 0.25) is 0 Å². The van der Waals surface area contributed by atoms with E-state index in [0.29, 0.717) is 11.4 Å². The van der Waals surface area contributed by atoms with Crippen LogP contribution in [0, 0.1) is 20.8 Å². The predicted octanol–water partition coefficient (Wildman–Crippen LogP) is 2.96. The van der Waals surface area contributed by atoms with Crippen molar-refractivity contribution in [2.24, 2.45) is 0 Å². The zero-order valence-electron chi connectivity index (χ0n) is 11.2. The molecule has 0 fully saturated rings. The fourth-order valence-electron chi connectivity index (χ4n) is 1.79. The molecule has 1 aromatic carbocycles. The number of rotatable bonds is 2. The van der Waals surface area contributed by atoms with Crippen molar-refractivity contribution in [1.82, 2.24) is 4.98 Å². The van der Waals surface area contributed by atoms with E-state index in [9.17, 15) is 9.90 Å². The zero-order chi connectivity index (χ0) is 14.0. The van der Waals surface area contributed by atoms with Crippen LogP contribution in [0.25, 0.3) is 0 Å². The van der Waals surface area contributed by atoms with E-state index in [1.165, 1.54) is 0 Å². The number of nitrogens with zero attached hydrogens (tertiary/aromatic N) is 1. The molecule has 1 heterocycles.